The molecule has 4 rings (SSSR count). The number of thiophene rings is 1. The maximum atomic E-state index is 12.4. The van der Waals surface area contributed by atoms with Gasteiger partial charge >= 0.3 is 0 Å². The molecule has 4 heterocycles. The van der Waals surface area contributed by atoms with E-state index in [9.17, 15) is 4.79 Å². The summed E-state index contributed by atoms with van der Waals surface area (Å²) in [6.45, 7) is 8.02. The van der Waals surface area contributed by atoms with Gasteiger partial charge in [-0.2, -0.15) is 0 Å². The van der Waals surface area contributed by atoms with Gasteiger partial charge in [-0.3, -0.25) is 14.4 Å². The molecule has 0 aliphatic carbocycles. The predicted octanol–water partition coefficient (Wildman–Crippen LogP) is 2.80. The molecule has 2 saturated heterocycles. The highest BCUT2D eigenvalue weighted by Gasteiger charge is 2.24. The van der Waals surface area contributed by atoms with Gasteiger partial charge < -0.3 is 4.90 Å². The molecule has 0 aromatic carbocycles. The molecule has 6 nitrogen and oxygen atoms in total. The number of likely N-dealkylation sites (tertiary alicyclic amines) is 2. The van der Waals surface area contributed by atoms with Crippen LogP contribution in [-0.2, 0) is 13.1 Å². The van der Waals surface area contributed by atoms with Crippen molar-refractivity contribution in [2.24, 2.45) is 5.92 Å². The van der Waals surface area contributed by atoms with E-state index in [0.717, 1.165) is 45.6 Å². The Labute approximate surface area is 158 Å². The monoisotopic (exact) mass is 373 g/mol. The van der Waals surface area contributed by atoms with Crippen LogP contribution in [0.15, 0.2) is 18.3 Å². The van der Waals surface area contributed by atoms with E-state index in [2.05, 4.69) is 34.3 Å². The van der Waals surface area contributed by atoms with E-state index < -0.39 is 0 Å². The van der Waals surface area contributed by atoms with Crippen LogP contribution in [0.5, 0.6) is 0 Å². The first-order valence-electron chi connectivity index (χ1n) is 9.64. The first kappa shape index (κ1) is 17.7. The second kappa shape index (κ2) is 7.88. The van der Waals surface area contributed by atoms with Crippen molar-refractivity contribution in [1.29, 1.82) is 0 Å². The molecule has 1 amide bonds. The smallest absolute Gasteiger partial charge is 0.276 e. The normalized spacial score (nSPS) is 21.4. The SMILES string of the molecule is Cc1ccc(CN2CCC[C@H](Cn3cc(C(=O)N4CCCC4)nn3)C2)s1. The van der Waals surface area contributed by atoms with E-state index in [4.69, 9.17) is 0 Å². The molecule has 0 radical (unpaired) electrons. The first-order valence-corrected chi connectivity index (χ1v) is 10.5. The molecule has 1 atom stereocenters. The number of amides is 1. The van der Waals surface area contributed by atoms with Crippen LogP contribution in [0.2, 0.25) is 0 Å². The maximum Gasteiger partial charge on any atom is 0.276 e. The quantitative estimate of drug-likeness (QED) is 0.809. The largest absolute Gasteiger partial charge is 0.337 e. The molecule has 26 heavy (non-hydrogen) atoms. The van der Waals surface area contributed by atoms with Crippen molar-refractivity contribution >= 4 is 17.2 Å². The van der Waals surface area contributed by atoms with Crippen molar-refractivity contribution < 1.29 is 4.79 Å². The van der Waals surface area contributed by atoms with E-state index in [0.29, 0.717) is 11.6 Å². The van der Waals surface area contributed by atoms with E-state index >= 15 is 0 Å². The van der Waals surface area contributed by atoms with E-state index in [1.165, 1.54) is 29.1 Å². The minimum absolute atomic E-state index is 0.0343. The molecule has 0 unspecified atom stereocenters. The van der Waals surface area contributed by atoms with Crippen LogP contribution in [0.3, 0.4) is 0 Å². The highest BCUT2D eigenvalue weighted by Crippen LogP contribution is 2.23. The molecule has 140 valence electrons. The van der Waals surface area contributed by atoms with Gasteiger partial charge in [0.1, 0.15) is 0 Å². The van der Waals surface area contributed by atoms with Gasteiger partial charge in [0, 0.05) is 42.5 Å². The molecule has 2 aromatic heterocycles. The number of carbonyl (C=O) groups excluding carboxylic acids is 1. The van der Waals surface area contributed by atoms with Crippen molar-refractivity contribution in [1.82, 2.24) is 24.8 Å². The van der Waals surface area contributed by atoms with Crippen LogP contribution in [-0.4, -0.2) is 56.9 Å². The summed E-state index contributed by atoms with van der Waals surface area (Å²) < 4.78 is 1.87. The zero-order valence-electron chi connectivity index (χ0n) is 15.4. The summed E-state index contributed by atoms with van der Waals surface area (Å²) in [4.78, 5) is 19.7. The Morgan fingerprint density at radius 1 is 1.23 bits per heavy atom. The van der Waals surface area contributed by atoms with Gasteiger partial charge in [-0.25, -0.2) is 0 Å². The lowest BCUT2D eigenvalue weighted by Gasteiger charge is -2.32. The average molecular weight is 374 g/mol. The number of nitrogens with zero attached hydrogens (tertiary/aromatic N) is 5. The Balaban J connectivity index is 1.32. The minimum atomic E-state index is 0.0343. The van der Waals surface area contributed by atoms with Crippen molar-refractivity contribution in [3.63, 3.8) is 0 Å². The second-order valence-corrected chi connectivity index (χ2v) is 8.95. The van der Waals surface area contributed by atoms with Crippen LogP contribution < -0.4 is 0 Å². The summed E-state index contributed by atoms with van der Waals surface area (Å²) in [5.74, 6) is 0.605. The fourth-order valence-corrected chi connectivity index (χ4v) is 5.00. The second-order valence-electron chi connectivity index (χ2n) is 7.58. The zero-order valence-corrected chi connectivity index (χ0v) is 16.2. The highest BCUT2D eigenvalue weighted by molar-refractivity contribution is 7.11. The molecular formula is C19H27N5OS. The average Bonchev–Trinajstić information content (AvgIpc) is 3.37. The predicted molar refractivity (Wildman–Crippen MR) is 102 cm³/mol. The topological polar surface area (TPSA) is 54.3 Å². The van der Waals surface area contributed by atoms with Crippen LogP contribution in [0, 0.1) is 12.8 Å². The molecule has 0 N–H and O–H groups in total. The summed E-state index contributed by atoms with van der Waals surface area (Å²) in [6.07, 6.45) is 6.48. The van der Waals surface area contributed by atoms with Crippen molar-refractivity contribution in [3.8, 4) is 0 Å². The standard InChI is InChI=1S/C19H27N5OS/c1-15-6-7-17(26-15)13-22-8-4-5-16(11-22)12-24-14-18(20-21-24)19(25)23-9-2-3-10-23/h6-7,14,16H,2-5,8-13H2,1H3/t16-/m0/s1. The number of aromatic nitrogens is 3. The van der Waals surface area contributed by atoms with Gasteiger partial charge in [0.2, 0.25) is 0 Å². The van der Waals surface area contributed by atoms with E-state index in [1.807, 2.05) is 27.1 Å². The summed E-state index contributed by atoms with van der Waals surface area (Å²) in [5.41, 5.74) is 0.494. The van der Waals surface area contributed by atoms with Crippen LogP contribution in [0.1, 0.15) is 45.9 Å². The molecule has 0 spiro atoms. The molecule has 7 heteroatoms. The van der Waals surface area contributed by atoms with Crippen LogP contribution >= 0.6 is 11.3 Å². The Bertz CT molecular complexity index is 749. The lowest BCUT2D eigenvalue weighted by Crippen LogP contribution is -2.36. The van der Waals surface area contributed by atoms with Gasteiger partial charge in [0.25, 0.3) is 5.91 Å². The van der Waals surface area contributed by atoms with Crippen molar-refractivity contribution in [3.05, 3.63) is 33.8 Å². The minimum Gasteiger partial charge on any atom is -0.337 e. The van der Waals surface area contributed by atoms with Crippen LogP contribution in [0.25, 0.3) is 0 Å². The lowest BCUT2D eigenvalue weighted by molar-refractivity contribution is 0.0787. The van der Waals surface area contributed by atoms with Gasteiger partial charge in [-0.15, -0.1) is 16.4 Å². The summed E-state index contributed by atoms with van der Waals surface area (Å²) in [6, 6.07) is 4.45. The molecule has 2 aliphatic heterocycles. The molecule has 0 saturated carbocycles. The molecule has 2 fully saturated rings. The molecule has 2 aromatic rings. The van der Waals surface area contributed by atoms with Gasteiger partial charge in [-0.1, -0.05) is 5.21 Å². The maximum absolute atomic E-state index is 12.4. The third-order valence-electron chi connectivity index (χ3n) is 5.37. The van der Waals surface area contributed by atoms with Gasteiger partial charge in [0.05, 0.1) is 6.20 Å². The van der Waals surface area contributed by atoms with Crippen molar-refractivity contribution in [2.45, 2.75) is 45.7 Å². The summed E-state index contributed by atoms with van der Waals surface area (Å²) in [7, 11) is 0. The molecule has 0 bridgehead atoms. The van der Waals surface area contributed by atoms with Gasteiger partial charge in [-0.05, 0) is 57.2 Å². The summed E-state index contributed by atoms with van der Waals surface area (Å²) >= 11 is 1.89. The number of carbonyl (C=O) groups is 1. The lowest BCUT2D eigenvalue weighted by atomic mass is 9.98. The number of hydrogen-bond acceptors (Lipinski definition) is 5. The summed E-state index contributed by atoms with van der Waals surface area (Å²) in [5, 5.41) is 8.34. The molecular weight excluding hydrogens is 346 g/mol. The number of aryl methyl sites for hydroxylation is 1. The Kier molecular flexibility index (Phi) is 5.36. The molecule has 2 aliphatic rings. The number of piperidine rings is 1. The fourth-order valence-electron chi connectivity index (χ4n) is 4.07. The van der Waals surface area contributed by atoms with E-state index in [1.54, 1.807) is 0 Å². The zero-order chi connectivity index (χ0) is 17.9. The Hall–Kier alpha value is -1.73. The first-order chi connectivity index (χ1) is 12.7. The van der Waals surface area contributed by atoms with Crippen molar-refractivity contribution in [2.75, 3.05) is 26.2 Å². The fraction of sp³-hybridized carbons (Fsp3) is 0.632. The number of hydrogen-bond donors (Lipinski definition) is 0. The third kappa shape index (κ3) is 4.15. The third-order valence-corrected chi connectivity index (χ3v) is 6.36. The highest BCUT2D eigenvalue weighted by atomic mass is 32.1. The Morgan fingerprint density at radius 2 is 2.08 bits per heavy atom. The van der Waals surface area contributed by atoms with Gasteiger partial charge in [0.15, 0.2) is 5.69 Å². The van der Waals surface area contributed by atoms with Crippen LogP contribution in [0.4, 0.5) is 0 Å². The number of rotatable bonds is 5. The Morgan fingerprint density at radius 3 is 2.85 bits per heavy atom. The van der Waals surface area contributed by atoms with E-state index in [-0.39, 0.29) is 5.91 Å².